The van der Waals surface area contributed by atoms with Crippen molar-refractivity contribution < 1.29 is 14.5 Å². The van der Waals surface area contributed by atoms with Crippen LogP contribution in [0.3, 0.4) is 0 Å². The second kappa shape index (κ2) is 8.14. The average Bonchev–Trinajstić information content (AvgIpc) is 2.55. The van der Waals surface area contributed by atoms with Gasteiger partial charge in [-0.05, 0) is 18.1 Å². The zero-order valence-corrected chi connectivity index (χ0v) is 13.0. The van der Waals surface area contributed by atoms with Crippen molar-refractivity contribution in [2.75, 3.05) is 6.54 Å². The summed E-state index contributed by atoms with van der Waals surface area (Å²) < 4.78 is 5.06. The van der Waals surface area contributed by atoms with Crippen LogP contribution in [-0.2, 0) is 17.8 Å². The molecule has 23 heavy (non-hydrogen) atoms. The predicted octanol–water partition coefficient (Wildman–Crippen LogP) is 3.72. The van der Waals surface area contributed by atoms with Gasteiger partial charge < -0.3 is 10.1 Å². The quantitative estimate of drug-likeness (QED) is 0.644. The molecule has 0 atom stereocenters. The first-order chi connectivity index (χ1) is 11.1. The van der Waals surface area contributed by atoms with Crippen LogP contribution < -0.4 is 5.32 Å². The smallest absolute Gasteiger partial charge is 0.407 e. The van der Waals surface area contributed by atoms with E-state index in [4.69, 9.17) is 16.3 Å². The molecule has 0 spiro atoms. The Bertz CT molecular complexity index is 692. The predicted molar refractivity (Wildman–Crippen MR) is 86.4 cm³/mol. The zero-order chi connectivity index (χ0) is 16.7. The summed E-state index contributed by atoms with van der Waals surface area (Å²) in [5.41, 5.74) is 1.33. The van der Waals surface area contributed by atoms with E-state index >= 15 is 0 Å². The number of nitrogens with zero attached hydrogens (tertiary/aromatic N) is 1. The van der Waals surface area contributed by atoms with Crippen molar-refractivity contribution in [3.8, 4) is 0 Å². The molecule has 0 radical (unpaired) electrons. The summed E-state index contributed by atoms with van der Waals surface area (Å²) in [6.07, 6.45) is -0.251. The van der Waals surface area contributed by atoms with Crippen LogP contribution in [0.5, 0.6) is 0 Å². The highest BCUT2D eigenvalue weighted by atomic mass is 35.5. The van der Waals surface area contributed by atoms with Gasteiger partial charge in [-0.25, -0.2) is 4.79 Å². The fourth-order valence-corrected chi connectivity index (χ4v) is 2.16. The maximum absolute atomic E-state index is 11.6. The number of nitrogens with one attached hydrogen (secondary N) is 1. The van der Waals surface area contributed by atoms with Gasteiger partial charge in [0.05, 0.1) is 4.92 Å². The molecule has 2 rings (SSSR count). The van der Waals surface area contributed by atoms with Gasteiger partial charge in [0.1, 0.15) is 6.61 Å². The van der Waals surface area contributed by atoms with E-state index in [1.54, 1.807) is 12.1 Å². The van der Waals surface area contributed by atoms with Crippen molar-refractivity contribution in [1.82, 2.24) is 5.32 Å². The Labute approximate surface area is 138 Å². The second-order valence-electron chi connectivity index (χ2n) is 4.77. The summed E-state index contributed by atoms with van der Waals surface area (Å²) in [6, 6.07) is 13.8. The van der Waals surface area contributed by atoms with Crippen molar-refractivity contribution in [3.05, 3.63) is 74.8 Å². The van der Waals surface area contributed by atoms with E-state index in [-0.39, 0.29) is 18.8 Å². The third-order valence-electron chi connectivity index (χ3n) is 3.12. The van der Waals surface area contributed by atoms with Gasteiger partial charge >= 0.3 is 6.09 Å². The minimum absolute atomic E-state index is 0.0584. The summed E-state index contributed by atoms with van der Waals surface area (Å²) in [5, 5.41) is 13.8. The molecule has 6 nitrogen and oxygen atoms in total. The molecule has 0 saturated heterocycles. The lowest BCUT2D eigenvalue weighted by Crippen LogP contribution is -2.26. The number of hydrogen-bond donors (Lipinski definition) is 1. The van der Waals surface area contributed by atoms with Crippen LogP contribution in [0.15, 0.2) is 48.5 Å². The highest BCUT2D eigenvalue weighted by Gasteiger charge is 2.14. The summed E-state index contributed by atoms with van der Waals surface area (Å²) in [7, 11) is 0. The fraction of sp³-hybridized carbons (Fsp3) is 0.188. The fourth-order valence-electron chi connectivity index (χ4n) is 1.99. The molecule has 0 saturated carbocycles. The van der Waals surface area contributed by atoms with Crippen LogP contribution in [0.25, 0.3) is 0 Å². The second-order valence-corrected chi connectivity index (χ2v) is 5.21. The van der Waals surface area contributed by atoms with Crippen LogP contribution in [0.1, 0.15) is 11.1 Å². The maximum atomic E-state index is 11.6. The van der Waals surface area contributed by atoms with Gasteiger partial charge in [-0.1, -0.05) is 48.0 Å². The number of halogens is 1. The molecule has 2 aromatic carbocycles. The largest absolute Gasteiger partial charge is 0.445 e. The van der Waals surface area contributed by atoms with Crippen molar-refractivity contribution in [3.63, 3.8) is 0 Å². The standard InChI is InChI=1S/C16H15ClN2O4/c17-14-7-6-13(15(10-14)19(21)22)8-9-18-16(20)23-11-12-4-2-1-3-5-12/h1-7,10H,8-9,11H2,(H,18,20). The number of ether oxygens (including phenoxy) is 1. The van der Waals surface area contributed by atoms with E-state index in [1.807, 2.05) is 30.3 Å². The van der Waals surface area contributed by atoms with E-state index in [2.05, 4.69) is 5.32 Å². The molecule has 0 unspecified atom stereocenters. The van der Waals surface area contributed by atoms with Gasteiger partial charge in [-0.2, -0.15) is 0 Å². The number of amides is 1. The monoisotopic (exact) mass is 334 g/mol. The van der Waals surface area contributed by atoms with Gasteiger partial charge in [0.25, 0.3) is 5.69 Å². The van der Waals surface area contributed by atoms with Gasteiger partial charge in [0.2, 0.25) is 0 Å². The Morgan fingerprint density at radius 2 is 1.96 bits per heavy atom. The number of hydrogen-bond acceptors (Lipinski definition) is 4. The van der Waals surface area contributed by atoms with E-state index in [0.29, 0.717) is 17.0 Å². The van der Waals surface area contributed by atoms with E-state index in [9.17, 15) is 14.9 Å². The lowest BCUT2D eigenvalue weighted by molar-refractivity contribution is -0.385. The Hall–Kier alpha value is -2.60. The number of carbonyl (C=O) groups excluding carboxylic acids is 1. The molecule has 0 fully saturated rings. The third-order valence-corrected chi connectivity index (χ3v) is 3.36. The SMILES string of the molecule is O=C(NCCc1ccc(Cl)cc1[N+](=O)[O-])OCc1ccccc1. The molecule has 7 heteroatoms. The van der Waals surface area contributed by atoms with Crippen molar-refractivity contribution in [2.45, 2.75) is 13.0 Å². The van der Waals surface area contributed by atoms with E-state index in [1.165, 1.54) is 6.07 Å². The zero-order valence-electron chi connectivity index (χ0n) is 12.2. The molecular formula is C16H15ClN2O4. The number of rotatable bonds is 6. The molecule has 0 bridgehead atoms. The first kappa shape index (κ1) is 16.8. The highest BCUT2D eigenvalue weighted by Crippen LogP contribution is 2.23. The molecule has 1 N–H and O–H groups in total. The Morgan fingerprint density at radius 1 is 1.22 bits per heavy atom. The maximum Gasteiger partial charge on any atom is 0.407 e. The number of carbonyl (C=O) groups is 1. The van der Waals surface area contributed by atoms with Crippen LogP contribution in [0, 0.1) is 10.1 Å². The number of nitro benzene ring substituents is 1. The van der Waals surface area contributed by atoms with E-state index in [0.717, 1.165) is 5.56 Å². The lowest BCUT2D eigenvalue weighted by atomic mass is 10.1. The molecule has 0 aliphatic carbocycles. The molecule has 0 aromatic heterocycles. The Balaban J connectivity index is 1.81. The number of nitro groups is 1. The van der Waals surface area contributed by atoms with Gasteiger partial charge in [-0.3, -0.25) is 10.1 Å². The summed E-state index contributed by atoms with van der Waals surface area (Å²) in [4.78, 5) is 22.1. The van der Waals surface area contributed by atoms with Crippen molar-refractivity contribution in [2.24, 2.45) is 0 Å². The minimum Gasteiger partial charge on any atom is -0.445 e. The van der Waals surface area contributed by atoms with Crippen molar-refractivity contribution in [1.29, 1.82) is 0 Å². The van der Waals surface area contributed by atoms with Crippen LogP contribution in [0.4, 0.5) is 10.5 Å². The van der Waals surface area contributed by atoms with E-state index < -0.39 is 11.0 Å². The van der Waals surface area contributed by atoms with Gasteiger partial charge in [0.15, 0.2) is 0 Å². The normalized spacial score (nSPS) is 10.1. The molecule has 1 amide bonds. The molecular weight excluding hydrogens is 320 g/mol. The van der Waals surface area contributed by atoms with Crippen LogP contribution in [-0.4, -0.2) is 17.6 Å². The van der Waals surface area contributed by atoms with Crippen LogP contribution >= 0.6 is 11.6 Å². The molecule has 0 aliphatic heterocycles. The highest BCUT2D eigenvalue weighted by molar-refractivity contribution is 6.30. The third kappa shape index (κ3) is 5.27. The molecule has 120 valence electrons. The number of benzene rings is 2. The van der Waals surface area contributed by atoms with Gasteiger partial charge in [-0.15, -0.1) is 0 Å². The minimum atomic E-state index is -0.564. The first-order valence-corrected chi connectivity index (χ1v) is 7.31. The molecule has 2 aromatic rings. The lowest BCUT2D eigenvalue weighted by Gasteiger charge is -2.07. The Kier molecular flexibility index (Phi) is 5.94. The summed E-state index contributed by atoms with van der Waals surface area (Å²) in [5.74, 6) is 0. The summed E-state index contributed by atoms with van der Waals surface area (Å²) in [6.45, 7) is 0.407. The molecule has 0 heterocycles. The number of alkyl carbamates (subject to hydrolysis) is 1. The van der Waals surface area contributed by atoms with Crippen LogP contribution in [0.2, 0.25) is 5.02 Å². The molecule has 0 aliphatic rings. The average molecular weight is 335 g/mol. The van der Waals surface area contributed by atoms with Crippen molar-refractivity contribution >= 4 is 23.4 Å². The Morgan fingerprint density at radius 3 is 2.65 bits per heavy atom. The first-order valence-electron chi connectivity index (χ1n) is 6.93. The van der Waals surface area contributed by atoms with Gasteiger partial charge in [0, 0.05) is 23.2 Å². The topological polar surface area (TPSA) is 81.5 Å². The summed E-state index contributed by atoms with van der Waals surface area (Å²) >= 11 is 5.75.